The predicted molar refractivity (Wildman–Crippen MR) is 73.0 cm³/mol. The van der Waals surface area contributed by atoms with Crippen molar-refractivity contribution < 1.29 is 9.47 Å². The molecule has 3 nitrogen and oxygen atoms in total. The van der Waals surface area contributed by atoms with Gasteiger partial charge in [0.25, 0.3) is 0 Å². The van der Waals surface area contributed by atoms with E-state index in [2.05, 4.69) is 6.92 Å². The Morgan fingerprint density at radius 3 is 2.44 bits per heavy atom. The lowest BCUT2D eigenvalue weighted by Crippen LogP contribution is -2.37. The standard InChI is InChI=1S/C15H23NO2/c1-11-3-4-12(10-16)15(9-11)18-14-7-5-13(17-2)6-8-14/h5-8,11-12,15H,3-4,9-10,16H2,1-2H3. The number of hydrogen-bond acceptors (Lipinski definition) is 3. The van der Waals surface area contributed by atoms with E-state index in [0.29, 0.717) is 12.5 Å². The average Bonchev–Trinajstić information content (AvgIpc) is 2.40. The molecule has 3 atom stereocenters. The first kappa shape index (κ1) is 13.2. The zero-order chi connectivity index (χ0) is 13.0. The van der Waals surface area contributed by atoms with Crippen LogP contribution in [0.2, 0.25) is 0 Å². The molecule has 1 aromatic rings. The van der Waals surface area contributed by atoms with Crippen LogP contribution < -0.4 is 15.2 Å². The smallest absolute Gasteiger partial charge is 0.120 e. The van der Waals surface area contributed by atoms with Crippen LogP contribution in [-0.4, -0.2) is 19.8 Å². The van der Waals surface area contributed by atoms with Gasteiger partial charge in [-0.2, -0.15) is 0 Å². The number of hydrogen-bond donors (Lipinski definition) is 1. The van der Waals surface area contributed by atoms with E-state index in [1.807, 2.05) is 24.3 Å². The molecular weight excluding hydrogens is 226 g/mol. The molecule has 0 spiro atoms. The summed E-state index contributed by atoms with van der Waals surface area (Å²) in [5.74, 6) is 2.99. The van der Waals surface area contributed by atoms with E-state index in [1.165, 1.54) is 12.8 Å². The normalized spacial score (nSPS) is 27.8. The molecule has 1 saturated carbocycles. The minimum atomic E-state index is 0.257. The Morgan fingerprint density at radius 1 is 1.17 bits per heavy atom. The van der Waals surface area contributed by atoms with Gasteiger partial charge < -0.3 is 15.2 Å². The number of benzene rings is 1. The Morgan fingerprint density at radius 2 is 1.83 bits per heavy atom. The molecule has 3 unspecified atom stereocenters. The van der Waals surface area contributed by atoms with E-state index in [0.717, 1.165) is 23.8 Å². The predicted octanol–water partition coefficient (Wildman–Crippen LogP) is 2.84. The van der Waals surface area contributed by atoms with Gasteiger partial charge in [0.15, 0.2) is 0 Å². The zero-order valence-corrected chi connectivity index (χ0v) is 11.3. The van der Waals surface area contributed by atoms with E-state index >= 15 is 0 Å². The molecule has 1 aliphatic carbocycles. The number of nitrogens with two attached hydrogens (primary N) is 1. The molecule has 1 fully saturated rings. The highest BCUT2D eigenvalue weighted by Crippen LogP contribution is 2.31. The van der Waals surface area contributed by atoms with Crippen LogP contribution in [0.4, 0.5) is 0 Å². The minimum absolute atomic E-state index is 0.257. The van der Waals surface area contributed by atoms with Crippen molar-refractivity contribution in [2.24, 2.45) is 17.6 Å². The summed E-state index contributed by atoms with van der Waals surface area (Å²) < 4.78 is 11.2. The Hall–Kier alpha value is -1.22. The second-order valence-corrected chi connectivity index (χ2v) is 5.25. The van der Waals surface area contributed by atoms with Crippen LogP contribution in [0.25, 0.3) is 0 Å². The first-order valence-electron chi connectivity index (χ1n) is 6.73. The van der Waals surface area contributed by atoms with Gasteiger partial charge in [0.2, 0.25) is 0 Å². The fraction of sp³-hybridized carbons (Fsp3) is 0.600. The van der Waals surface area contributed by atoms with Crippen molar-refractivity contribution in [1.29, 1.82) is 0 Å². The highest BCUT2D eigenvalue weighted by molar-refractivity contribution is 5.31. The Labute approximate surface area is 109 Å². The quantitative estimate of drug-likeness (QED) is 0.892. The molecule has 0 bridgehead atoms. The highest BCUT2D eigenvalue weighted by Gasteiger charge is 2.29. The molecule has 0 heterocycles. The first-order valence-corrected chi connectivity index (χ1v) is 6.73. The maximum atomic E-state index is 6.09. The molecule has 0 aliphatic heterocycles. The van der Waals surface area contributed by atoms with E-state index in [9.17, 15) is 0 Å². The monoisotopic (exact) mass is 249 g/mol. The fourth-order valence-corrected chi connectivity index (χ4v) is 2.63. The second kappa shape index (κ2) is 6.10. The molecule has 0 aromatic heterocycles. The molecule has 0 saturated heterocycles. The maximum Gasteiger partial charge on any atom is 0.120 e. The van der Waals surface area contributed by atoms with Crippen LogP contribution in [-0.2, 0) is 0 Å². The Kier molecular flexibility index (Phi) is 4.48. The van der Waals surface area contributed by atoms with Gasteiger partial charge in [-0.15, -0.1) is 0 Å². The third kappa shape index (κ3) is 3.16. The molecule has 0 amide bonds. The molecule has 3 heteroatoms. The van der Waals surface area contributed by atoms with Crippen molar-refractivity contribution >= 4 is 0 Å². The largest absolute Gasteiger partial charge is 0.497 e. The maximum absolute atomic E-state index is 6.09. The minimum Gasteiger partial charge on any atom is -0.497 e. The molecule has 100 valence electrons. The molecule has 1 aliphatic rings. The van der Waals surface area contributed by atoms with Crippen LogP contribution in [0.15, 0.2) is 24.3 Å². The van der Waals surface area contributed by atoms with Gasteiger partial charge in [-0.05, 0) is 49.6 Å². The number of rotatable bonds is 4. The van der Waals surface area contributed by atoms with Crippen molar-refractivity contribution in [3.8, 4) is 11.5 Å². The third-order valence-electron chi connectivity index (χ3n) is 3.84. The van der Waals surface area contributed by atoms with Crippen LogP contribution in [0, 0.1) is 11.8 Å². The summed E-state index contributed by atoms with van der Waals surface area (Å²) in [5.41, 5.74) is 5.84. The van der Waals surface area contributed by atoms with Crippen LogP contribution in [0.3, 0.4) is 0 Å². The summed E-state index contributed by atoms with van der Waals surface area (Å²) in [4.78, 5) is 0. The lowest BCUT2D eigenvalue weighted by atomic mass is 9.80. The van der Waals surface area contributed by atoms with Gasteiger partial charge in [-0.1, -0.05) is 13.3 Å². The average molecular weight is 249 g/mol. The topological polar surface area (TPSA) is 44.5 Å². The van der Waals surface area contributed by atoms with Crippen molar-refractivity contribution in [2.45, 2.75) is 32.3 Å². The van der Waals surface area contributed by atoms with Gasteiger partial charge in [-0.25, -0.2) is 0 Å². The third-order valence-corrected chi connectivity index (χ3v) is 3.84. The fourth-order valence-electron chi connectivity index (χ4n) is 2.63. The van der Waals surface area contributed by atoms with Crippen molar-refractivity contribution in [3.63, 3.8) is 0 Å². The molecule has 0 radical (unpaired) electrons. The lowest BCUT2D eigenvalue weighted by Gasteiger charge is -2.34. The van der Waals surface area contributed by atoms with Crippen molar-refractivity contribution in [2.75, 3.05) is 13.7 Å². The van der Waals surface area contributed by atoms with Crippen LogP contribution >= 0.6 is 0 Å². The first-order chi connectivity index (χ1) is 8.72. The van der Waals surface area contributed by atoms with E-state index in [-0.39, 0.29) is 6.10 Å². The van der Waals surface area contributed by atoms with Gasteiger partial charge in [0, 0.05) is 5.92 Å². The van der Waals surface area contributed by atoms with Crippen molar-refractivity contribution in [1.82, 2.24) is 0 Å². The van der Waals surface area contributed by atoms with Crippen LogP contribution in [0.1, 0.15) is 26.2 Å². The summed E-state index contributed by atoms with van der Waals surface area (Å²) in [6, 6.07) is 7.79. The summed E-state index contributed by atoms with van der Waals surface area (Å²) in [6.07, 6.45) is 3.81. The summed E-state index contributed by atoms with van der Waals surface area (Å²) in [7, 11) is 1.67. The number of ether oxygens (including phenoxy) is 2. The summed E-state index contributed by atoms with van der Waals surface area (Å²) in [5, 5.41) is 0. The van der Waals surface area contributed by atoms with Gasteiger partial charge in [-0.3, -0.25) is 0 Å². The van der Waals surface area contributed by atoms with E-state index < -0.39 is 0 Å². The number of methoxy groups -OCH3 is 1. The molecular formula is C15H23NO2. The summed E-state index contributed by atoms with van der Waals surface area (Å²) in [6.45, 7) is 3.00. The van der Waals surface area contributed by atoms with E-state index in [1.54, 1.807) is 7.11 Å². The molecule has 2 N–H and O–H groups in total. The molecule has 2 rings (SSSR count). The van der Waals surface area contributed by atoms with Gasteiger partial charge in [0.05, 0.1) is 7.11 Å². The Balaban J connectivity index is 2.01. The zero-order valence-electron chi connectivity index (χ0n) is 11.3. The van der Waals surface area contributed by atoms with Crippen LogP contribution in [0.5, 0.6) is 11.5 Å². The molecule has 1 aromatic carbocycles. The van der Waals surface area contributed by atoms with Crippen molar-refractivity contribution in [3.05, 3.63) is 24.3 Å². The summed E-state index contributed by atoms with van der Waals surface area (Å²) >= 11 is 0. The van der Waals surface area contributed by atoms with Gasteiger partial charge in [0.1, 0.15) is 17.6 Å². The highest BCUT2D eigenvalue weighted by atomic mass is 16.5. The Bertz CT molecular complexity index is 363. The second-order valence-electron chi connectivity index (χ2n) is 5.25. The molecule has 18 heavy (non-hydrogen) atoms. The SMILES string of the molecule is COc1ccc(OC2CC(C)CCC2CN)cc1. The van der Waals surface area contributed by atoms with Gasteiger partial charge >= 0.3 is 0 Å². The van der Waals surface area contributed by atoms with E-state index in [4.69, 9.17) is 15.2 Å². The lowest BCUT2D eigenvalue weighted by molar-refractivity contribution is 0.0741.